The van der Waals surface area contributed by atoms with Crippen molar-refractivity contribution in [2.24, 2.45) is 5.92 Å². The molecule has 0 aromatic heterocycles. The third kappa shape index (κ3) is 2.24. The summed E-state index contributed by atoms with van der Waals surface area (Å²) in [6.07, 6.45) is 0.871. The van der Waals surface area contributed by atoms with Gasteiger partial charge in [0.2, 0.25) is 0 Å². The predicted molar refractivity (Wildman–Crippen MR) is 72.5 cm³/mol. The highest BCUT2D eigenvalue weighted by atomic mass is 16.5. The van der Waals surface area contributed by atoms with Crippen LogP contribution in [0.15, 0.2) is 42.5 Å². The number of hydrogen-bond acceptors (Lipinski definition) is 3. The maximum Gasteiger partial charge on any atom is 0.127 e. The molecule has 2 aromatic carbocycles. The molecule has 1 aliphatic rings. The number of fused-ring (bicyclic) bond motifs is 1. The zero-order chi connectivity index (χ0) is 13.4. The monoisotopic (exact) mass is 256 g/mol. The van der Waals surface area contributed by atoms with Gasteiger partial charge in [0, 0.05) is 12.0 Å². The second-order valence-corrected chi connectivity index (χ2v) is 5.10. The van der Waals surface area contributed by atoms with Crippen molar-refractivity contribution < 1.29 is 14.9 Å². The molecule has 2 aromatic rings. The van der Waals surface area contributed by atoms with Crippen LogP contribution in [-0.4, -0.2) is 10.2 Å². The van der Waals surface area contributed by atoms with E-state index in [1.165, 1.54) is 0 Å². The van der Waals surface area contributed by atoms with Crippen LogP contribution in [-0.2, 0) is 6.42 Å². The predicted octanol–water partition coefficient (Wildman–Crippen LogP) is 3.41. The number of rotatable bonds is 1. The lowest BCUT2D eigenvalue weighted by atomic mass is 9.88. The molecule has 0 spiro atoms. The lowest BCUT2D eigenvalue weighted by Crippen LogP contribution is -2.23. The van der Waals surface area contributed by atoms with E-state index in [1.807, 2.05) is 18.2 Å². The maximum atomic E-state index is 9.53. The van der Waals surface area contributed by atoms with Crippen molar-refractivity contribution in [1.29, 1.82) is 0 Å². The van der Waals surface area contributed by atoms with Crippen LogP contribution < -0.4 is 4.74 Å². The van der Waals surface area contributed by atoms with Crippen LogP contribution in [0, 0.1) is 5.92 Å². The lowest BCUT2D eigenvalue weighted by molar-refractivity contribution is 0.123. The van der Waals surface area contributed by atoms with Crippen LogP contribution in [0.2, 0.25) is 0 Å². The van der Waals surface area contributed by atoms with Crippen LogP contribution >= 0.6 is 0 Å². The number of aromatic hydroxyl groups is 2. The Morgan fingerprint density at radius 3 is 2.42 bits per heavy atom. The quantitative estimate of drug-likeness (QED) is 0.822. The van der Waals surface area contributed by atoms with Gasteiger partial charge >= 0.3 is 0 Å². The van der Waals surface area contributed by atoms with Gasteiger partial charge in [-0.3, -0.25) is 0 Å². The highest BCUT2D eigenvalue weighted by Crippen LogP contribution is 2.40. The smallest absolute Gasteiger partial charge is 0.127 e. The fourth-order valence-electron chi connectivity index (χ4n) is 2.59. The van der Waals surface area contributed by atoms with Crippen molar-refractivity contribution in [2.45, 2.75) is 19.4 Å². The Labute approximate surface area is 112 Å². The molecule has 0 saturated heterocycles. The van der Waals surface area contributed by atoms with E-state index in [-0.39, 0.29) is 17.6 Å². The average molecular weight is 256 g/mol. The molecule has 1 aliphatic heterocycles. The molecule has 3 heteroatoms. The molecule has 3 rings (SSSR count). The number of benzene rings is 2. The summed E-state index contributed by atoms with van der Waals surface area (Å²) >= 11 is 0. The van der Waals surface area contributed by atoms with E-state index in [0.717, 1.165) is 23.3 Å². The van der Waals surface area contributed by atoms with Gasteiger partial charge in [-0.05, 0) is 35.7 Å². The van der Waals surface area contributed by atoms with Crippen LogP contribution in [0.5, 0.6) is 17.2 Å². The van der Waals surface area contributed by atoms with E-state index < -0.39 is 0 Å². The minimum atomic E-state index is -0.0464. The maximum absolute atomic E-state index is 9.53. The first-order valence-corrected chi connectivity index (χ1v) is 6.41. The first-order chi connectivity index (χ1) is 9.13. The Morgan fingerprint density at radius 1 is 1.00 bits per heavy atom. The summed E-state index contributed by atoms with van der Waals surface area (Å²) in [4.78, 5) is 0. The summed E-state index contributed by atoms with van der Waals surface area (Å²) < 4.78 is 6.01. The summed E-state index contributed by atoms with van der Waals surface area (Å²) in [6.45, 7) is 2.15. The van der Waals surface area contributed by atoms with Crippen LogP contribution in [0.4, 0.5) is 0 Å². The molecule has 2 N–H and O–H groups in total. The molecular formula is C16H16O3. The second kappa shape index (κ2) is 4.50. The number of hydrogen-bond donors (Lipinski definition) is 2. The number of ether oxygens (including phenoxy) is 1. The zero-order valence-corrected chi connectivity index (χ0v) is 10.7. The van der Waals surface area contributed by atoms with Crippen LogP contribution in [0.1, 0.15) is 24.2 Å². The van der Waals surface area contributed by atoms with Gasteiger partial charge in [-0.15, -0.1) is 0 Å². The summed E-state index contributed by atoms with van der Waals surface area (Å²) in [5.74, 6) is 1.57. The Morgan fingerprint density at radius 2 is 1.68 bits per heavy atom. The fraction of sp³-hybridized carbons (Fsp3) is 0.250. The van der Waals surface area contributed by atoms with Crippen LogP contribution in [0.3, 0.4) is 0 Å². The van der Waals surface area contributed by atoms with Crippen molar-refractivity contribution >= 4 is 0 Å². The van der Waals surface area contributed by atoms with Crippen molar-refractivity contribution in [3.05, 3.63) is 53.6 Å². The minimum absolute atomic E-state index is 0.0464. The van der Waals surface area contributed by atoms with E-state index in [1.54, 1.807) is 24.3 Å². The Hall–Kier alpha value is -2.16. The summed E-state index contributed by atoms with van der Waals surface area (Å²) in [5, 5.41) is 18.9. The molecule has 2 atom stereocenters. The first kappa shape index (κ1) is 11.9. The molecule has 3 nitrogen and oxygen atoms in total. The van der Waals surface area contributed by atoms with Gasteiger partial charge in [-0.25, -0.2) is 0 Å². The van der Waals surface area contributed by atoms with Gasteiger partial charge in [-0.1, -0.05) is 25.1 Å². The highest BCUT2D eigenvalue weighted by molar-refractivity contribution is 5.42. The molecule has 0 fully saturated rings. The second-order valence-electron chi connectivity index (χ2n) is 5.10. The van der Waals surface area contributed by atoms with Gasteiger partial charge in [0.05, 0.1) is 0 Å². The van der Waals surface area contributed by atoms with Gasteiger partial charge < -0.3 is 14.9 Å². The third-order valence-electron chi connectivity index (χ3n) is 3.59. The normalized spacial score (nSPS) is 21.5. The van der Waals surface area contributed by atoms with Crippen LogP contribution in [0.25, 0.3) is 0 Å². The molecule has 19 heavy (non-hydrogen) atoms. The summed E-state index contributed by atoms with van der Waals surface area (Å²) in [5.41, 5.74) is 2.17. The molecule has 0 unspecified atom stereocenters. The lowest BCUT2D eigenvalue weighted by Gasteiger charge is -2.32. The SMILES string of the molecule is C[C@H]1Cc2ccc(O)cc2O[C@@H]1c1ccc(O)cc1. The van der Waals surface area contributed by atoms with E-state index in [2.05, 4.69) is 6.92 Å². The minimum Gasteiger partial charge on any atom is -0.508 e. The van der Waals surface area contributed by atoms with E-state index >= 15 is 0 Å². The van der Waals surface area contributed by atoms with Crippen molar-refractivity contribution in [1.82, 2.24) is 0 Å². The Kier molecular flexibility index (Phi) is 2.82. The van der Waals surface area contributed by atoms with E-state index in [0.29, 0.717) is 5.92 Å². The number of phenolic OH excluding ortho intramolecular Hbond substituents is 2. The van der Waals surface area contributed by atoms with E-state index in [4.69, 9.17) is 4.74 Å². The molecular weight excluding hydrogens is 240 g/mol. The Balaban J connectivity index is 1.94. The topological polar surface area (TPSA) is 49.7 Å². The molecule has 1 heterocycles. The third-order valence-corrected chi connectivity index (χ3v) is 3.59. The van der Waals surface area contributed by atoms with Crippen molar-refractivity contribution in [2.75, 3.05) is 0 Å². The van der Waals surface area contributed by atoms with Gasteiger partial charge in [0.25, 0.3) is 0 Å². The molecule has 0 saturated carbocycles. The standard InChI is InChI=1S/C16H16O3/c1-10-8-12-4-7-14(18)9-15(12)19-16(10)11-2-5-13(17)6-3-11/h2-7,9-10,16-18H,8H2,1H3/t10-,16-/m0/s1. The molecule has 0 amide bonds. The van der Waals surface area contributed by atoms with Gasteiger partial charge in [0.1, 0.15) is 23.4 Å². The van der Waals surface area contributed by atoms with Crippen molar-refractivity contribution in [3.8, 4) is 17.2 Å². The Bertz CT molecular complexity index is 589. The summed E-state index contributed by atoms with van der Waals surface area (Å²) in [7, 11) is 0. The largest absolute Gasteiger partial charge is 0.508 e. The summed E-state index contributed by atoms with van der Waals surface area (Å²) in [6, 6.07) is 12.4. The van der Waals surface area contributed by atoms with Gasteiger partial charge in [-0.2, -0.15) is 0 Å². The molecule has 98 valence electrons. The number of phenols is 2. The van der Waals surface area contributed by atoms with Gasteiger partial charge in [0.15, 0.2) is 0 Å². The zero-order valence-electron chi connectivity index (χ0n) is 10.7. The first-order valence-electron chi connectivity index (χ1n) is 6.41. The molecule has 0 bridgehead atoms. The van der Waals surface area contributed by atoms with Crippen molar-refractivity contribution in [3.63, 3.8) is 0 Å². The molecule has 0 radical (unpaired) electrons. The molecule has 0 aliphatic carbocycles. The van der Waals surface area contributed by atoms with E-state index in [9.17, 15) is 10.2 Å². The highest BCUT2D eigenvalue weighted by Gasteiger charge is 2.28. The average Bonchev–Trinajstić information content (AvgIpc) is 2.40. The fourth-order valence-corrected chi connectivity index (χ4v) is 2.59.